The van der Waals surface area contributed by atoms with E-state index in [1.807, 2.05) is 6.92 Å². The SMILES string of the molecule is Cc1nccc(CNCC(O)c2ccc([N+](=O)[O-])cc2)n1. The quantitative estimate of drug-likeness (QED) is 0.617. The summed E-state index contributed by atoms with van der Waals surface area (Å²) in [6, 6.07) is 7.68. The van der Waals surface area contributed by atoms with Crippen LogP contribution in [0.3, 0.4) is 0 Å². The molecule has 0 radical (unpaired) electrons. The fraction of sp³-hybridized carbons (Fsp3) is 0.286. The second-order valence-corrected chi connectivity index (χ2v) is 4.59. The average Bonchev–Trinajstić information content (AvgIpc) is 2.47. The third kappa shape index (κ3) is 4.30. The first-order valence-corrected chi connectivity index (χ1v) is 6.48. The lowest BCUT2D eigenvalue weighted by molar-refractivity contribution is -0.384. The third-order valence-corrected chi connectivity index (χ3v) is 2.97. The molecule has 1 unspecified atom stereocenters. The van der Waals surface area contributed by atoms with Gasteiger partial charge in [0.1, 0.15) is 5.82 Å². The Morgan fingerprint density at radius 1 is 1.33 bits per heavy atom. The number of nitro benzene ring substituents is 1. The molecule has 2 aromatic rings. The Bertz CT molecular complexity index is 616. The lowest BCUT2D eigenvalue weighted by atomic mass is 10.1. The lowest BCUT2D eigenvalue weighted by Gasteiger charge is -2.12. The fourth-order valence-electron chi connectivity index (χ4n) is 1.88. The molecule has 0 fully saturated rings. The van der Waals surface area contributed by atoms with E-state index < -0.39 is 11.0 Å². The van der Waals surface area contributed by atoms with Crippen molar-refractivity contribution in [3.63, 3.8) is 0 Å². The first kappa shape index (κ1) is 15.0. The molecule has 0 saturated carbocycles. The van der Waals surface area contributed by atoms with Crippen molar-refractivity contribution in [2.75, 3.05) is 6.54 Å². The molecule has 1 heterocycles. The van der Waals surface area contributed by atoms with Gasteiger partial charge in [-0.3, -0.25) is 10.1 Å². The van der Waals surface area contributed by atoms with Crippen LogP contribution in [0, 0.1) is 17.0 Å². The Morgan fingerprint density at radius 3 is 2.67 bits per heavy atom. The number of aromatic nitrogens is 2. The Labute approximate surface area is 121 Å². The maximum Gasteiger partial charge on any atom is 0.269 e. The molecule has 0 aliphatic rings. The van der Waals surface area contributed by atoms with E-state index in [4.69, 9.17) is 0 Å². The van der Waals surface area contributed by atoms with Gasteiger partial charge in [-0.15, -0.1) is 0 Å². The van der Waals surface area contributed by atoms with Crippen LogP contribution in [0.2, 0.25) is 0 Å². The molecule has 1 aromatic heterocycles. The Balaban J connectivity index is 1.86. The van der Waals surface area contributed by atoms with Crippen molar-refractivity contribution in [2.45, 2.75) is 19.6 Å². The maximum absolute atomic E-state index is 10.6. The number of hydrogen-bond donors (Lipinski definition) is 2. The standard InChI is InChI=1S/C14H16N4O3/c1-10-16-7-6-12(17-10)8-15-9-14(19)11-2-4-13(5-3-11)18(20)21/h2-7,14-15,19H,8-9H2,1H3. The Kier molecular flexibility index (Phi) is 4.91. The minimum atomic E-state index is -0.728. The minimum Gasteiger partial charge on any atom is -0.387 e. The van der Waals surface area contributed by atoms with Crippen molar-refractivity contribution < 1.29 is 10.0 Å². The number of aliphatic hydroxyl groups is 1. The van der Waals surface area contributed by atoms with Crippen LogP contribution in [0.25, 0.3) is 0 Å². The van der Waals surface area contributed by atoms with Gasteiger partial charge in [0.25, 0.3) is 5.69 Å². The first-order valence-electron chi connectivity index (χ1n) is 6.48. The highest BCUT2D eigenvalue weighted by Gasteiger charge is 2.10. The van der Waals surface area contributed by atoms with Crippen molar-refractivity contribution in [3.8, 4) is 0 Å². The summed E-state index contributed by atoms with van der Waals surface area (Å²) in [5, 5.41) is 23.7. The second kappa shape index (κ2) is 6.87. The summed E-state index contributed by atoms with van der Waals surface area (Å²) in [7, 11) is 0. The van der Waals surface area contributed by atoms with E-state index >= 15 is 0 Å². The van der Waals surface area contributed by atoms with E-state index in [2.05, 4.69) is 15.3 Å². The van der Waals surface area contributed by atoms with E-state index in [0.29, 0.717) is 24.5 Å². The maximum atomic E-state index is 10.6. The molecule has 1 aromatic carbocycles. The first-order chi connectivity index (χ1) is 10.1. The smallest absolute Gasteiger partial charge is 0.269 e. The van der Waals surface area contributed by atoms with E-state index in [1.54, 1.807) is 24.4 Å². The van der Waals surface area contributed by atoms with Crippen molar-refractivity contribution in [1.29, 1.82) is 0 Å². The molecule has 2 rings (SSSR count). The summed E-state index contributed by atoms with van der Waals surface area (Å²) in [6.45, 7) is 2.67. The highest BCUT2D eigenvalue weighted by molar-refractivity contribution is 5.33. The minimum absolute atomic E-state index is 0.00960. The molecule has 110 valence electrons. The highest BCUT2D eigenvalue weighted by Crippen LogP contribution is 2.17. The van der Waals surface area contributed by atoms with Gasteiger partial charge in [0, 0.05) is 31.4 Å². The normalized spacial score (nSPS) is 12.1. The van der Waals surface area contributed by atoms with Gasteiger partial charge in [0.15, 0.2) is 0 Å². The highest BCUT2D eigenvalue weighted by atomic mass is 16.6. The van der Waals surface area contributed by atoms with E-state index in [0.717, 1.165) is 5.69 Å². The van der Waals surface area contributed by atoms with Crippen LogP contribution in [-0.4, -0.2) is 26.5 Å². The zero-order valence-electron chi connectivity index (χ0n) is 11.6. The van der Waals surface area contributed by atoms with Crippen molar-refractivity contribution in [3.05, 3.63) is 63.7 Å². The summed E-state index contributed by atoms with van der Waals surface area (Å²) < 4.78 is 0. The number of non-ortho nitro benzene ring substituents is 1. The van der Waals surface area contributed by atoms with E-state index in [1.165, 1.54) is 12.1 Å². The average molecular weight is 288 g/mol. The summed E-state index contributed by atoms with van der Waals surface area (Å²) in [6.07, 6.45) is 0.959. The van der Waals surface area contributed by atoms with E-state index in [-0.39, 0.29) is 5.69 Å². The van der Waals surface area contributed by atoms with Crippen LogP contribution in [0.15, 0.2) is 36.5 Å². The summed E-state index contributed by atoms with van der Waals surface area (Å²) >= 11 is 0. The second-order valence-electron chi connectivity index (χ2n) is 4.59. The number of nitrogens with zero attached hydrogens (tertiary/aromatic N) is 3. The molecule has 0 amide bonds. The molecule has 0 saturated heterocycles. The molecule has 7 heteroatoms. The van der Waals surface area contributed by atoms with Crippen LogP contribution < -0.4 is 5.32 Å². The monoisotopic (exact) mass is 288 g/mol. The predicted octanol–water partition coefficient (Wildman–Crippen LogP) is 1.52. The van der Waals surface area contributed by atoms with Gasteiger partial charge in [0.2, 0.25) is 0 Å². The van der Waals surface area contributed by atoms with Crippen molar-refractivity contribution >= 4 is 5.69 Å². The number of nitrogens with one attached hydrogen (secondary N) is 1. The van der Waals surface area contributed by atoms with Crippen LogP contribution in [0.4, 0.5) is 5.69 Å². The molecular formula is C14H16N4O3. The zero-order chi connectivity index (χ0) is 15.2. The molecule has 7 nitrogen and oxygen atoms in total. The molecule has 21 heavy (non-hydrogen) atoms. The van der Waals surface area contributed by atoms with Gasteiger partial charge in [-0.2, -0.15) is 0 Å². The van der Waals surface area contributed by atoms with Gasteiger partial charge < -0.3 is 10.4 Å². The summed E-state index contributed by atoms with van der Waals surface area (Å²) in [4.78, 5) is 18.3. The fourth-order valence-corrected chi connectivity index (χ4v) is 1.88. The number of nitro groups is 1. The Morgan fingerprint density at radius 2 is 2.05 bits per heavy atom. The largest absolute Gasteiger partial charge is 0.387 e. The van der Waals surface area contributed by atoms with Gasteiger partial charge in [0.05, 0.1) is 16.7 Å². The molecule has 0 aliphatic carbocycles. The van der Waals surface area contributed by atoms with E-state index in [9.17, 15) is 15.2 Å². The van der Waals surface area contributed by atoms with Gasteiger partial charge in [-0.05, 0) is 30.7 Å². The molecular weight excluding hydrogens is 272 g/mol. The van der Waals surface area contributed by atoms with Crippen molar-refractivity contribution in [1.82, 2.24) is 15.3 Å². The number of benzene rings is 1. The number of hydrogen-bond acceptors (Lipinski definition) is 6. The summed E-state index contributed by atoms with van der Waals surface area (Å²) in [5.74, 6) is 0.699. The van der Waals surface area contributed by atoms with Crippen LogP contribution in [0.1, 0.15) is 23.2 Å². The van der Waals surface area contributed by atoms with Gasteiger partial charge in [-0.25, -0.2) is 9.97 Å². The van der Waals surface area contributed by atoms with Crippen LogP contribution in [-0.2, 0) is 6.54 Å². The Hall–Kier alpha value is -2.38. The number of aliphatic hydroxyl groups excluding tert-OH is 1. The van der Waals surface area contributed by atoms with Crippen LogP contribution in [0.5, 0.6) is 0 Å². The predicted molar refractivity (Wildman–Crippen MR) is 76.5 cm³/mol. The molecule has 0 aliphatic heterocycles. The topological polar surface area (TPSA) is 101 Å². The van der Waals surface area contributed by atoms with Crippen LogP contribution >= 0.6 is 0 Å². The summed E-state index contributed by atoms with van der Waals surface area (Å²) in [5.41, 5.74) is 1.49. The van der Waals surface area contributed by atoms with Crippen molar-refractivity contribution in [2.24, 2.45) is 0 Å². The lowest BCUT2D eigenvalue weighted by Crippen LogP contribution is -2.21. The molecule has 1 atom stereocenters. The molecule has 0 bridgehead atoms. The number of rotatable bonds is 6. The molecule has 2 N–H and O–H groups in total. The molecule has 0 spiro atoms. The van der Waals surface area contributed by atoms with Gasteiger partial charge >= 0.3 is 0 Å². The number of aryl methyl sites for hydroxylation is 1. The third-order valence-electron chi connectivity index (χ3n) is 2.97. The zero-order valence-corrected chi connectivity index (χ0v) is 11.6. The van der Waals surface area contributed by atoms with Gasteiger partial charge in [-0.1, -0.05) is 0 Å².